The lowest BCUT2D eigenvalue weighted by molar-refractivity contribution is 0.599. The maximum Gasteiger partial charge on any atom is 0.261 e. The molecular formula is C18H20ClN5O3S. The highest BCUT2D eigenvalue weighted by molar-refractivity contribution is 7.92. The van der Waals surface area contributed by atoms with E-state index in [-0.39, 0.29) is 22.2 Å². The number of halogens is 1. The molecule has 0 saturated heterocycles. The Morgan fingerprint density at radius 3 is 2.64 bits per heavy atom. The Kier molecular flexibility index (Phi) is 5.57. The highest BCUT2D eigenvalue weighted by Crippen LogP contribution is 2.33. The van der Waals surface area contributed by atoms with Crippen LogP contribution in [0.4, 0.5) is 17.2 Å². The van der Waals surface area contributed by atoms with Gasteiger partial charge in [-0.15, -0.1) is 0 Å². The summed E-state index contributed by atoms with van der Waals surface area (Å²) in [7, 11) is -1.88. The molecule has 0 aliphatic carbocycles. The Hall–Kier alpha value is -2.65. The van der Waals surface area contributed by atoms with Gasteiger partial charge in [0.25, 0.3) is 5.56 Å². The van der Waals surface area contributed by atoms with Gasteiger partial charge >= 0.3 is 0 Å². The highest BCUT2D eigenvalue weighted by Gasteiger charge is 2.16. The monoisotopic (exact) mass is 421 g/mol. The molecule has 1 aromatic carbocycles. The first-order valence-electron chi connectivity index (χ1n) is 8.60. The molecule has 0 amide bonds. The normalized spacial score (nSPS) is 11.6. The zero-order valence-electron chi connectivity index (χ0n) is 15.7. The van der Waals surface area contributed by atoms with Crippen molar-refractivity contribution in [3.05, 3.63) is 51.7 Å². The molecule has 2 N–H and O–H groups in total. The fourth-order valence-corrected chi connectivity index (χ4v) is 4.16. The number of rotatable bonds is 6. The van der Waals surface area contributed by atoms with Crippen molar-refractivity contribution < 1.29 is 8.42 Å². The summed E-state index contributed by atoms with van der Waals surface area (Å²) in [6.07, 6.45) is 3.41. The summed E-state index contributed by atoms with van der Waals surface area (Å²) in [6.45, 7) is 3.58. The number of hydrogen-bond acceptors (Lipinski definition) is 6. The van der Waals surface area contributed by atoms with E-state index in [0.29, 0.717) is 34.3 Å². The Morgan fingerprint density at radius 1 is 1.18 bits per heavy atom. The number of nitrogens with zero attached hydrogens (tertiary/aromatic N) is 3. The van der Waals surface area contributed by atoms with Crippen molar-refractivity contribution in [3.63, 3.8) is 0 Å². The minimum Gasteiger partial charge on any atom is -0.354 e. The highest BCUT2D eigenvalue weighted by atomic mass is 35.5. The summed E-state index contributed by atoms with van der Waals surface area (Å²) in [5.74, 6) is 0.0269. The van der Waals surface area contributed by atoms with Gasteiger partial charge in [-0.2, -0.15) is 0 Å². The summed E-state index contributed by atoms with van der Waals surface area (Å²) in [5, 5.41) is 3.80. The first kappa shape index (κ1) is 20.1. The average Bonchev–Trinajstić information content (AvgIpc) is 2.63. The summed E-state index contributed by atoms with van der Waals surface area (Å²) in [6, 6.07) is 5.17. The zero-order valence-corrected chi connectivity index (χ0v) is 17.2. The van der Waals surface area contributed by atoms with Crippen LogP contribution in [0, 0.1) is 6.92 Å². The lowest BCUT2D eigenvalue weighted by atomic mass is 10.1. The summed E-state index contributed by atoms with van der Waals surface area (Å²) < 4.78 is 27.9. The molecule has 10 heteroatoms. The molecule has 0 radical (unpaired) electrons. The van der Waals surface area contributed by atoms with Gasteiger partial charge in [-0.05, 0) is 37.1 Å². The van der Waals surface area contributed by atoms with E-state index in [2.05, 4.69) is 20.0 Å². The number of aryl methyl sites for hydroxylation is 2. The predicted molar refractivity (Wildman–Crippen MR) is 112 cm³/mol. The third kappa shape index (κ3) is 3.95. The van der Waals surface area contributed by atoms with Gasteiger partial charge in [-0.1, -0.05) is 18.5 Å². The molecule has 2 aromatic heterocycles. The van der Waals surface area contributed by atoms with E-state index in [1.807, 2.05) is 6.92 Å². The largest absolute Gasteiger partial charge is 0.354 e. The van der Waals surface area contributed by atoms with Gasteiger partial charge in [0.15, 0.2) is 5.82 Å². The number of anilines is 3. The molecule has 0 fully saturated rings. The van der Waals surface area contributed by atoms with Gasteiger partial charge in [-0.25, -0.2) is 18.4 Å². The van der Waals surface area contributed by atoms with Crippen LogP contribution in [0.25, 0.3) is 10.9 Å². The Balaban J connectivity index is 2.01. The number of aromatic nitrogens is 3. The molecule has 3 rings (SSSR count). The second-order valence-corrected chi connectivity index (χ2v) is 8.58. The van der Waals surface area contributed by atoms with Crippen LogP contribution < -0.4 is 15.6 Å². The first-order valence-corrected chi connectivity index (χ1v) is 10.6. The standard InChI is InChI=1S/C18H20ClN5O3S/c1-4-9-28(26,27)23-17-16(19)14(7-8-20-17)22-12-5-6-13-15(11(12)2)18(25)24(3)10-21-13/h5-8,10H,4,9H2,1-3H3,(H2,20,22,23). The first-order chi connectivity index (χ1) is 13.2. The fraction of sp³-hybridized carbons (Fsp3) is 0.278. The van der Waals surface area contributed by atoms with Gasteiger partial charge in [0, 0.05) is 18.9 Å². The molecule has 0 aliphatic heterocycles. The van der Waals surface area contributed by atoms with E-state index >= 15 is 0 Å². The van der Waals surface area contributed by atoms with Crippen LogP contribution in [0.1, 0.15) is 18.9 Å². The number of sulfonamides is 1. The number of fused-ring (bicyclic) bond motifs is 1. The summed E-state index contributed by atoms with van der Waals surface area (Å²) >= 11 is 6.36. The smallest absolute Gasteiger partial charge is 0.261 e. The number of hydrogen-bond donors (Lipinski definition) is 2. The van der Waals surface area contributed by atoms with E-state index in [1.54, 1.807) is 32.2 Å². The Labute approximate surface area is 167 Å². The third-order valence-corrected chi connectivity index (χ3v) is 6.06. The fourth-order valence-electron chi connectivity index (χ4n) is 2.81. The van der Waals surface area contributed by atoms with E-state index in [0.717, 1.165) is 0 Å². The minimum absolute atomic E-state index is 0.0251. The number of benzene rings is 1. The Bertz CT molecular complexity index is 1210. The van der Waals surface area contributed by atoms with E-state index in [9.17, 15) is 13.2 Å². The third-order valence-electron chi connectivity index (χ3n) is 4.23. The lowest BCUT2D eigenvalue weighted by Crippen LogP contribution is -2.18. The molecule has 28 heavy (non-hydrogen) atoms. The van der Waals surface area contributed by atoms with Gasteiger partial charge in [0.05, 0.1) is 28.7 Å². The number of pyridine rings is 1. The van der Waals surface area contributed by atoms with Crippen LogP contribution in [0.2, 0.25) is 5.02 Å². The van der Waals surface area contributed by atoms with Crippen LogP contribution >= 0.6 is 11.6 Å². The van der Waals surface area contributed by atoms with E-state index in [4.69, 9.17) is 11.6 Å². The molecule has 0 spiro atoms. The van der Waals surface area contributed by atoms with Crippen molar-refractivity contribution in [1.82, 2.24) is 14.5 Å². The predicted octanol–water partition coefficient (Wildman–Crippen LogP) is 3.19. The summed E-state index contributed by atoms with van der Waals surface area (Å²) in [5.41, 5.74) is 2.29. The van der Waals surface area contributed by atoms with E-state index < -0.39 is 10.0 Å². The maximum absolute atomic E-state index is 12.5. The zero-order chi connectivity index (χ0) is 20.5. The molecule has 148 valence electrons. The van der Waals surface area contributed by atoms with E-state index in [1.165, 1.54) is 17.1 Å². The van der Waals surface area contributed by atoms with Crippen LogP contribution in [-0.2, 0) is 17.1 Å². The van der Waals surface area contributed by atoms with Crippen LogP contribution in [-0.4, -0.2) is 28.7 Å². The van der Waals surface area contributed by atoms with Crippen molar-refractivity contribution in [2.75, 3.05) is 15.8 Å². The minimum atomic E-state index is -3.52. The van der Waals surface area contributed by atoms with Gasteiger partial charge < -0.3 is 9.88 Å². The molecule has 0 unspecified atom stereocenters. The molecule has 0 bridgehead atoms. The lowest BCUT2D eigenvalue weighted by Gasteiger charge is -2.15. The Morgan fingerprint density at radius 2 is 1.93 bits per heavy atom. The molecule has 0 aliphatic rings. The maximum atomic E-state index is 12.5. The molecule has 0 atom stereocenters. The second-order valence-electron chi connectivity index (χ2n) is 6.36. The second kappa shape index (κ2) is 7.76. The van der Waals surface area contributed by atoms with Crippen LogP contribution in [0.15, 0.2) is 35.5 Å². The molecule has 3 aromatic rings. The summed E-state index contributed by atoms with van der Waals surface area (Å²) in [4.78, 5) is 20.8. The van der Waals surface area contributed by atoms with Crippen molar-refractivity contribution in [2.45, 2.75) is 20.3 Å². The van der Waals surface area contributed by atoms with Gasteiger partial charge in [0.2, 0.25) is 10.0 Å². The SMILES string of the molecule is CCCS(=O)(=O)Nc1nccc(Nc2ccc3ncn(C)c(=O)c3c2C)c1Cl. The molecule has 2 heterocycles. The quantitative estimate of drug-likeness (QED) is 0.633. The molecule has 8 nitrogen and oxygen atoms in total. The van der Waals surface area contributed by atoms with Crippen LogP contribution in [0.3, 0.4) is 0 Å². The van der Waals surface area contributed by atoms with Crippen LogP contribution in [0.5, 0.6) is 0 Å². The van der Waals surface area contributed by atoms with Crippen molar-refractivity contribution in [2.24, 2.45) is 7.05 Å². The number of nitrogens with one attached hydrogen (secondary N) is 2. The molecule has 0 saturated carbocycles. The van der Waals surface area contributed by atoms with Gasteiger partial charge in [-0.3, -0.25) is 9.52 Å². The van der Waals surface area contributed by atoms with Crippen molar-refractivity contribution >= 4 is 49.7 Å². The molecular weight excluding hydrogens is 402 g/mol. The van der Waals surface area contributed by atoms with Gasteiger partial charge in [0.1, 0.15) is 5.02 Å². The van der Waals surface area contributed by atoms with Crippen molar-refractivity contribution in [3.8, 4) is 0 Å². The average molecular weight is 422 g/mol. The topological polar surface area (TPSA) is 106 Å². The van der Waals surface area contributed by atoms with Crippen molar-refractivity contribution in [1.29, 1.82) is 0 Å².